The number of rotatable bonds is 5. The van der Waals surface area contributed by atoms with Gasteiger partial charge in [0.05, 0.1) is 5.41 Å². The van der Waals surface area contributed by atoms with Crippen LogP contribution in [0.1, 0.15) is 22.3 Å². The van der Waals surface area contributed by atoms with E-state index >= 15 is 0 Å². The number of aromatic nitrogens is 3. The van der Waals surface area contributed by atoms with Crippen LogP contribution >= 0.6 is 11.3 Å². The summed E-state index contributed by atoms with van der Waals surface area (Å²) in [6, 6.07) is 81.0. The SMILES string of the molecule is c1ccc(-c2nc(-c3ccc4c(c3)sc3ccccc34)nc(-c3cccc4oc5ccc(-c6ccc(-c7ccc8c(c7)-c7ccccc7C87c8ccccc8-c8ccccc87)cc6)cc5c34)n2)cc1. The van der Waals surface area contributed by atoms with E-state index in [1.165, 1.54) is 75.8 Å². The van der Waals surface area contributed by atoms with Crippen molar-refractivity contribution in [1.29, 1.82) is 0 Å². The highest BCUT2D eigenvalue weighted by Gasteiger charge is 2.51. The smallest absolute Gasteiger partial charge is 0.164 e. The van der Waals surface area contributed by atoms with Crippen LogP contribution in [0.15, 0.2) is 229 Å². The number of hydrogen-bond acceptors (Lipinski definition) is 5. The molecule has 1 spiro atoms. The maximum atomic E-state index is 6.55. The van der Waals surface area contributed by atoms with Crippen molar-refractivity contribution in [2.45, 2.75) is 5.41 Å². The molecule has 15 rings (SSSR count). The standard InChI is InChI=1S/C64H37N3OS/c1-2-13-40(14-3-1)61-65-62(43-29-32-48-47-18-7-11-24-58(47)69-59(48)37-43)67-63(66-61)49-19-12-23-57-60(49)51-36-42(31-34-56(51)68-57)39-27-25-38(26-28-39)41-30-33-55-50(35-41)46-17-6-10-22-54(46)64(55)52-20-8-4-15-44(52)45-16-5-9-21-53(45)64/h1-37H. The minimum atomic E-state index is -0.345. The van der Waals surface area contributed by atoms with E-state index in [0.717, 1.165) is 49.8 Å². The molecule has 10 aromatic carbocycles. The number of benzene rings is 10. The van der Waals surface area contributed by atoms with E-state index in [4.69, 9.17) is 19.4 Å². The predicted molar refractivity (Wildman–Crippen MR) is 283 cm³/mol. The van der Waals surface area contributed by atoms with Gasteiger partial charge in [0.15, 0.2) is 17.5 Å². The molecule has 0 N–H and O–H groups in total. The lowest BCUT2D eigenvalue weighted by Gasteiger charge is -2.30. The minimum absolute atomic E-state index is 0.345. The lowest BCUT2D eigenvalue weighted by Crippen LogP contribution is -2.25. The molecule has 69 heavy (non-hydrogen) atoms. The molecule has 13 aromatic rings. The van der Waals surface area contributed by atoms with E-state index < -0.39 is 0 Å². The molecule has 320 valence electrons. The van der Waals surface area contributed by atoms with Gasteiger partial charge in [-0.25, -0.2) is 15.0 Å². The Kier molecular flexibility index (Phi) is 8.12. The maximum absolute atomic E-state index is 6.55. The molecule has 2 aliphatic rings. The van der Waals surface area contributed by atoms with E-state index in [-0.39, 0.29) is 5.41 Å². The Morgan fingerprint density at radius 2 is 0.841 bits per heavy atom. The second kappa shape index (κ2) is 14.6. The zero-order chi connectivity index (χ0) is 45.2. The zero-order valence-corrected chi connectivity index (χ0v) is 37.8. The lowest BCUT2D eigenvalue weighted by molar-refractivity contribution is 0.669. The molecule has 0 atom stereocenters. The highest BCUT2D eigenvalue weighted by Crippen LogP contribution is 2.63. The van der Waals surface area contributed by atoms with Crippen LogP contribution < -0.4 is 0 Å². The van der Waals surface area contributed by atoms with Gasteiger partial charge in [0, 0.05) is 47.6 Å². The molecule has 0 fully saturated rings. The Labute approximate surface area is 401 Å². The first-order valence-electron chi connectivity index (χ1n) is 23.4. The third-order valence-electron chi connectivity index (χ3n) is 14.6. The van der Waals surface area contributed by atoms with E-state index in [2.05, 4.69) is 194 Å². The monoisotopic (exact) mass is 895 g/mol. The normalized spacial score (nSPS) is 13.0. The molecule has 3 heterocycles. The Morgan fingerprint density at radius 3 is 1.58 bits per heavy atom. The van der Waals surface area contributed by atoms with Crippen molar-refractivity contribution in [3.8, 4) is 78.7 Å². The molecule has 0 amide bonds. The van der Waals surface area contributed by atoms with Crippen molar-refractivity contribution in [3.05, 3.63) is 247 Å². The molecule has 0 bridgehead atoms. The Bertz CT molecular complexity index is 4220. The first-order valence-corrected chi connectivity index (χ1v) is 24.2. The minimum Gasteiger partial charge on any atom is -0.456 e. The topological polar surface area (TPSA) is 51.8 Å². The van der Waals surface area contributed by atoms with Crippen LogP contribution in [0.2, 0.25) is 0 Å². The second-order valence-corrected chi connectivity index (χ2v) is 19.3. The summed E-state index contributed by atoms with van der Waals surface area (Å²) in [7, 11) is 0. The van der Waals surface area contributed by atoms with Gasteiger partial charge in [-0.3, -0.25) is 0 Å². The number of furan rings is 1. The highest BCUT2D eigenvalue weighted by molar-refractivity contribution is 7.25. The lowest BCUT2D eigenvalue weighted by atomic mass is 9.70. The number of fused-ring (bicyclic) bond motifs is 16. The average Bonchev–Trinajstić information content (AvgIpc) is 4.16. The van der Waals surface area contributed by atoms with Gasteiger partial charge < -0.3 is 4.42 Å². The van der Waals surface area contributed by atoms with Gasteiger partial charge in [-0.1, -0.05) is 188 Å². The fourth-order valence-electron chi connectivity index (χ4n) is 11.5. The van der Waals surface area contributed by atoms with Gasteiger partial charge in [0.2, 0.25) is 0 Å². The van der Waals surface area contributed by atoms with Crippen molar-refractivity contribution in [3.63, 3.8) is 0 Å². The van der Waals surface area contributed by atoms with E-state index in [1.807, 2.05) is 30.3 Å². The molecule has 0 saturated carbocycles. The molecule has 0 radical (unpaired) electrons. The van der Waals surface area contributed by atoms with Crippen molar-refractivity contribution >= 4 is 53.4 Å². The fourth-order valence-corrected chi connectivity index (χ4v) is 12.7. The van der Waals surface area contributed by atoms with Gasteiger partial charge in [0.1, 0.15) is 11.2 Å². The summed E-state index contributed by atoms with van der Waals surface area (Å²) in [6.45, 7) is 0. The molecule has 0 unspecified atom stereocenters. The largest absolute Gasteiger partial charge is 0.456 e. The molecule has 0 saturated heterocycles. The highest BCUT2D eigenvalue weighted by atomic mass is 32.1. The summed E-state index contributed by atoms with van der Waals surface area (Å²) in [4.78, 5) is 15.5. The summed E-state index contributed by atoms with van der Waals surface area (Å²) in [6.07, 6.45) is 0. The van der Waals surface area contributed by atoms with Crippen LogP contribution in [-0.2, 0) is 5.41 Å². The van der Waals surface area contributed by atoms with Gasteiger partial charge in [-0.2, -0.15) is 0 Å². The first kappa shape index (κ1) is 38.3. The molecular weight excluding hydrogens is 859 g/mol. The maximum Gasteiger partial charge on any atom is 0.164 e. The van der Waals surface area contributed by atoms with Crippen molar-refractivity contribution in [2.24, 2.45) is 0 Å². The Hall–Kier alpha value is -8.77. The zero-order valence-electron chi connectivity index (χ0n) is 37.0. The molecule has 2 aliphatic carbocycles. The fraction of sp³-hybridized carbons (Fsp3) is 0.0156. The molecule has 4 nitrogen and oxygen atoms in total. The first-order chi connectivity index (χ1) is 34.2. The summed E-state index contributed by atoms with van der Waals surface area (Å²) in [5.74, 6) is 1.85. The Morgan fingerprint density at radius 1 is 0.304 bits per heavy atom. The van der Waals surface area contributed by atoms with Crippen molar-refractivity contribution in [2.75, 3.05) is 0 Å². The summed E-state index contributed by atoms with van der Waals surface area (Å²) < 4.78 is 9.02. The van der Waals surface area contributed by atoms with Crippen molar-refractivity contribution < 1.29 is 4.42 Å². The number of hydrogen-bond donors (Lipinski definition) is 0. The van der Waals surface area contributed by atoms with E-state index in [1.54, 1.807) is 11.3 Å². The predicted octanol–water partition coefficient (Wildman–Crippen LogP) is 16.8. The molecule has 0 aliphatic heterocycles. The summed E-state index contributed by atoms with van der Waals surface area (Å²) >= 11 is 1.79. The van der Waals surface area contributed by atoms with Crippen LogP contribution in [0.5, 0.6) is 0 Å². The van der Waals surface area contributed by atoms with Crippen LogP contribution in [0, 0.1) is 0 Å². The molecule has 3 aromatic heterocycles. The van der Waals surface area contributed by atoms with Crippen LogP contribution in [0.4, 0.5) is 0 Å². The van der Waals surface area contributed by atoms with E-state index in [9.17, 15) is 0 Å². The second-order valence-electron chi connectivity index (χ2n) is 18.2. The van der Waals surface area contributed by atoms with Crippen molar-refractivity contribution in [1.82, 2.24) is 15.0 Å². The van der Waals surface area contributed by atoms with Crippen LogP contribution in [0.3, 0.4) is 0 Å². The van der Waals surface area contributed by atoms with Gasteiger partial charge in [-0.05, 0) is 103 Å². The van der Waals surface area contributed by atoms with Gasteiger partial charge in [-0.15, -0.1) is 11.3 Å². The number of nitrogens with zero attached hydrogens (tertiary/aromatic N) is 3. The molecule has 5 heteroatoms. The van der Waals surface area contributed by atoms with E-state index in [0.29, 0.717) is 17.5 Å². The molecular formula is C64H37N3OS. The quantitative estimate of drug-likeness (QED) is 0.173. The third-order valence-corrected chi connectivity index (χ3v) is 15.7. The summed E-state index contributed by atoms with van der Waals surface area (Å²) in [5, 5.41) is 4.49. The summed E-state index contributed by atoms with van der Waals surface area (Å²) in [5.41, 5.74) is 19.3. The van der Waals surface area contributed by atoms with Crippen LogP contribution in [0.25, 0.3) is 121 Å². The number of thiophene rings is 1. The Balaban J connectivity index is 0.819. The van der Waals surface area contributed by atoms with Crippen LogP contribution in [-0.4, -0.2) is 15.0 Å². The van der Waals surface area contributed by atoms with Gasteiger partial charge in [0.25, 0.3) is 0 Å². The third kappa shape index (κ3) is 5.59. The van der Waals surface area contributed by atoms with Gasteiger partial charge >= 0.3 is 0 Å². The average molecular weight is 896 g/mol.